The second-order valence-electron chi connectivity index (χ2n) is 4.31. The zero-order valence-electron chi connectivity index (χ0n) is 10.3. The van der Waals surface area contributed by atoms with Gasteiger partial charge in [0.1, 0.15) is 0 Å². The van der Waals surface area contributed by atoms with E-state index in [0.717, 1.165) is 18.7 Å². The summed E-state index contributed by atoms with van der Waals surface area (Å²) in [5.74, 6) is 1.00. The smallest absolute Gasteiger partial charge is 0.253 e. The molecule has 0 radical (unpaired) electrons. The summed E-state index contributed by atoms with van der Waals surface area (Å²) in [7, 11) is 0. The summed E-state index contributed by atoms with van der Waals surface area (Å²) in [5.41, 5.74) is 0.0498. The molecule has 1 heterocycles. The maximum absolute atomic E-state index is 11.4. The Morgan fingerprint density at radius 2 is 1.71 bits per heavy atom. The van der Waals surface area contributed by atoms with Crippen molar-refractivity contribution in [3.8, 4) is 0 Å². The van der Waals surface area contributed by atoms with Gasteiger partial charge in [0, 0.05) is 18.8 Å². The number of unbranched alkanes of at least 4 members (excludes halogenated alkanes) is 6. The highest BCUT2D eigenvalue weighted by molar-refractivity contribution is 7.80. The number of nitrogens with zero attached hydrogens (tertiary/aromatic N) is 2. The van der Waals surface area contributed by atoms with Gasteiger partial charge in [0.15, 0.2) is 0 Å². The van der Waals surface area contributed by atoms with Gasteiger partial charge >= 0.3 is 0 Å². The number of hydrogen-bond acceptors (Lipinski definition) is 3. The minimum Gasteiger partial charge on any atom is -0.299 e. The zero-order valence-corrected chi connectivity index (χ0v) is 11.2. The van der Waals surface area contributed by atoms with Crippen LogP contribution in [0.25, 0.3) is 0 Å². The van der Waals surface area contributed by atoms with Crippen LogP contribution in [0.4, 0.5) is 0 Å². The van der Waals surface area contributed by atoms with Crippen LogP contribution in [0.15, 0.2) is 23.4 Å². The highest BCUT2D eigenvalue weighted by Gasteiger charge is 1.95. The molecule has 96 valence electrons. The number of rotatable bonds is 9. The number of aryl methyl sites for hydroxylation is 1. The summed E-state index contributed by atoms with van der Waals surface area (Å²) < 4.78 is 1.68. The molecular weight excluding hydrogens is 232 g/mol. The molecule has 1 aromatic rings. The minimum absolute atomic E-state index is 0.0498. The lowest BCUT2D eigenvalue weighted by Crippen LogP contribution is -2.18. The van der Waals surface area contributed by atoms with Crippen LogP contribution in [0.5, 0.6) is 0 Å². The first-order valence-corrected chi connectivity index (χ1v) is 7.09. The second kappa shape index (κ2) is 9.28. The molecule has 3 nitrogen and oxygen atoms in total. The molecule has 0 unspecified atom stereocenters. The molecule has 0 aliphatic heterocycles. The van der Waals surface area contributed by atoms with Gasteiger partial charge in [-0.2, -0.15) is 12.6 Å². The summed E-state index contributed by atoms with van der Waals surface area (Å²) >= 11 is 4.19. The van der Waals surface area contributed by atoms with Crippen LogP contribution in [-0.2, 0) is 6.54 Å². The molecule has 17 heavy (non-hydrogen) atoms. The summed E-state index contributed by atoms with van der Waals surface area (Å²) in [6.07, 6.45) is 11.8. The van der Waals surface area contributed by atoms with Gasteiger partial charge in [-0.05, 0) is 18.6 Å². The summed E-state index contributed by atoms with van der Waals surface area (Å²) in [5, 5.41) is 0. The van der Waals surface area contributed by atoms with E-state index >= 15 is 0 Å². The van der Waals surface area contributed by atoms with Gasteiger partial charge in [-0.3, -0.25) is 9.36 Å². The zero-order chi connectivity index (χ0) is 12.3. The van der Waals surface area contributed by atoms with Gasteiger partial charge in [-0.1, -0.05) is 32.1 Å². The van der Waals surface area contributed by atoms with Crippen molar-refractivity contribution in [3.63, 3.8) is 0 Å². The molecule has 0 amide bonds. The van der Waals surface area contributed by atoms with E-state index in [-0.39, 0.29) is 5.56 Å². The third-order valence-electron chi connectivity index (χ3n) is 2.85. The predicted octanol–water partition coefficient (Wildman–Crippen LogP) is 2.90. The van der Waals surface area contributed by atoms with E-state index in [1.165, 1.54) is 44.6 Å². The van der Waals surface area contributed by atoms with Crippen LogP contribution >= 0.6 is 12.6 Å². The van der Waals surface area contributed by atoms with Crippen LogP contribution in [0, 0.1) is 0 Å². The molecular formula is C13H22N2OS. The Morgan fingerprint density at radius 3 is 2.35 bits per heavy atom. The van der Waals surface area contributed by atoms with Crippen molar-refractivity contribution in [3.05, 3.63) is 28.9 Å². The fourth-order valence-electron chi connectivity index (χ4n) is 1.82. The number of aromatic nitrogens is 2. The SMILES string of the molecule is O=c1ccncn1CCCCCCCCCS. The van der Waals surface area contributed by atoms with Crippen molar-refractivity contribution in [1.29, 1.82) is 0 Å². The monoisotopic (exact) mass is 254 g/mol. The average Bonchev–Trinajstić information content (AvgIpc) is 2.35. The molecule has 0 saturated carbocycles. The van der Waals surface area contributed by atoms with Crippen molar-refractivity contribution in [2.24, 2.45) is 0 Å². The van der Waals surface area contributed by atoms with E-state index in [4.69, 9.17) is 0 Å². The predicted molar refractivity (Wildman–Crippen MR) is 74.7 cm³/mol. The van der Waals surface area contributed by atoms with Crippen LogP contribution in [-0.4, -0.2) is 15.3 Å². The fraction of sp³-hybridized carbons (Fsp3) is 0.692. The van der Waals surface area contributed by atoms with E-state index in [0.29, 0.717) is 0 Å². The van der Waals surface area contributed by atoms with Crippen molar-refractivity contribution in [2.75, 3.05) is 5.75 Å². The van der Waals surface area contributed by atoms with Crippen molar-refractivity contribution >= 4 is 12.6 Å². The van der Waals surface area contributed by atoms with Crippen LogP contribution in [0.1, 0.15) is 44.9 Å². The van der Waals surface area contributed by atoms with E-state index in [2.05, 4.69) is 17.6 Å². The van der Waals surface area contributed by atoms with Gasteiger partial charge in [-0.15, -0.1) is 0 Å². The van der Waals surface area contributed by atoms with Gasteiger partial charge in [-0.25, -0.2) is 4.98 Å². The highest BCUT2D eigenvalue weighted by Crippen LogP contribution is 2.07. The Kier molecular flexibility index (Phi) is 7.80. The largest absolute Gasteiger partial charge is 0.299 e. The minimum atomic E-state index is 0.0498. The van der Waals surface area contributed by atoms with Gasteiger partial charge in [0.05, 0.1) is 6.33 Å². The Labute approximate surface area is 109 Å². The molecule has 0 aliphatic carbocycles. The van der Waals surface area contributed by atoms with Gasteiger partial charge in [0.25, 0.3) is 5.56 Å². The molecule has 0 N–H and O–H groups in total. The second-order valence-corrected chi connectivity index (χ2v) is 4.76. The molecule has 1 aromatic heterocycles. The lowest BCUT2D eigenvalue weighted by atomic mass is 10.1. The molecule has 0 fully saturated rings. The number of thiol groups is 1. The van der Waals surface area contributed by atoms with Crippen molar-refractivity contribution in [2.45, 2.75) is 51.5 Å². The highest BCUT2D eigenvalue weighted by atomic mass is 32.1. The average molecular weight is 254 g/mol. The van der Waals surface area contributed by atoms with E-state index in [9.17, 15) is 4.79 Å². The maximum Gasteiger partial charge on any atom is 0.253 e. The maximum atomic E-state index is 11.4. The van der Waals surface area contributed by atoms with Gasteiger partial charge in [0.2, 0.25) is 0 Å². The molecule has 0 atom stereocenters. The first-order valence-electron chi connectivity index (χ1n) is 6.46. The van der Waals surface area contributed by atoms with E-state index < -0.39 is 0 Å². The molecule has 0 bridgehead atoms. The Hall–Kier alpha value is -0.770. The van der Waals surface area contributed by atoms with Crippen molar-refractivity contribution in [1.82, 2.24) is 9.55 Å². The summed E-state index contributed by atoms with van der Waals surface area (Å²) in [4.78, 5) is 15.3. The molecule has 0 spiro atoms. The Balaban J connectivity index is 2.01. The van der Waals surface area contributed by atoms with Crippen molar-refractivity contribution < 1.29 is 0 Å². The lowest BCUT2D eigenvalue weighted by Gasteiger charge is -2.04. The first kappa shape index (κ1) is 14.3. The topological polar surface area (TPSA) is 34.9 Å². The third-order valence-corrected chi connectivity index (χ3v) is 3.17. The van der Waals surface area contributed by atoms with Gasteiger partial charge < -0.3 is 0 Å². The fourth-order valence-corrected chi connectivity index (χ4v) is 2.05. The molecule has 0 aliphatic rings. The van der Waals surface area contributed by atoms with E-state index in [1.807, 2.05) is 0 Å². The summed E-state index contributed by atoms with van der Waals surface area (Å²) in [6.45, 7) is 0.795. The number of hydrogen-bond donors (Lipinski definition) is 1. The van der Waals surface area contributed by atoms with Crippen LogP contribution in [0.2, 0.25) is 0 Å². The third kappa shape index (κ3) is 6.51. The van der Waals surface area contributed by atoms with Crippen LogP contribution in [0.3, 0.4) is 0 Å². The van der Waals surface area contributed by atoms with Crippen LogP contribution < -0.4 is 5.56 Å². The Morgan fingerprint density at radius 1 is 1.06 bits per heavy atom. The molecule has 0 aromatic carbocycles. The molecule has 4 heteroatoms. The first-order chi connectivity index (χ1) is 8.34. The van der Waals surface area contributed by atoms with E-state index in [1.54, 1.807) is 17.1 Å². The standard InChI is InChI=1S/C13H22N2OS/c16-13-8-9-14-12-15(13)10-6-4-2-1-3-5-7-11-17/h8-9,12,17H,1-7,10-11H2. The molecule has 0 saturated heterocycles. The summed E-state index contributed by atoms with van der Waals surface area (Å²) in [6, 6.07) is 1.51. The Bertz CT molecular complexity index is 351. The lowest BCUT2D eigenvalue weighted by molar-refractivity contribution is 0.539. The molecule has 1 rings (SSSR count). The quantitative estimate of drug-likeness (QED) is 0.543. The normalized spacial score (nSPS) is 10.6.